The van der Waals surface area contributed by atoms with Crippen molar-refractivity contribution in [3.05, 3.63) is 65.9 Å². The summed E-state index contributed by atoms with van der Waals surface area (Å²) in [6.45, 7) is 1.39. The topological polar surface area (TPSA) is 95.6 Å². The van der Waals surface area contributed by atoms with Crippen molar-refractivity contribution in [3.8, 4) is 5.75 Å². The molecule has 1 aromatic heterocycles. The van der Waals surface area contributed by atoms with Gasteiger partial charge in [0, 0.05) is 30.4 Å². The molecule has 0 aliphatic rings. The van der Waals surface area contributed by atoms with Crippen molar-refractivity contribution in [2.75, 3.05) is 7.11 Å². The van der Waals surface area contributed by atoms with E-state index in [4.69, 9.17) is 4.74 Å². The van der Waals surface area contributed by atoms with E-state index in [-0.39, 0.29) is 11.8 Å². The molecule has 7 nitrogen and oxygen atoms in total. The van der Waals surface area contributed by atoms with Gasteiger partial charge in [0.1, 0.15) is 11.8 Å². The second-order valence-corrected chi connectivity index (χ2v) is 6.32. The van der Waals surface area contributed by atoms with Crippen LogP contribution in [0.5, 0.6) is 5.75 Å². The van der Waals surface area contributed by atoms with Crippen LogP contribution < -0.4 is 15.5 Å². The molecule has 1 heterocycles. The first-order chi connectivity index (χ1) is 13.6. The number of H-pyrrole nitrogens is 1. The molecule has 0 aliphatic carbocycles. The Labute approximate surface area is 162 Å². The Morgan fingerprint density at radius 3 is 2.64 bits per heavy atom. The van der Waals surface area contributed by atoms with Crippen molar-refractivity contribution >= 4 is 28.9 Å². The Kier molecular flexibility index (Phi) is 6.06. The first-order valence-corrected chi connectivity index (χ1v) is 8.86. The number of fused-ring (bicyclic) bond motifs is 1. The Bertz CT molecular complexity index is 992. The minimum atomic E-state index is -0.732. The van der Waals surface area contributed by atoms with Gasteiger partial charge >= 0.3 is 0 Å². The van der Waals surface area contributed by atoms with Crippen LogP contribution in [0.3, 0.4) is 0 Å². The summed E-state index contributed by atoms with van der Waals surface area (Å²) < 4.78 is 5.10. The number of ether oxygens (including phenoxy) is 1. The van der Waals surface area contributed by atoms with Crippen molar-refractivity contribution < 1.29 is 14.3 Å². The van der Waals surface area contributed by atoms with Crippen LogP contribution in [0.1, 0.15) is 18.1 Å². The fraction of sp³-hybridized carbons (Fsp3) is 0.190. The zero-order chi connectivity index (χ0) is 19.9. The summed E-state index contributed by atoms with van der Waals surface area (Å²) in [5.41, 5.74) is 5.24. The van der Waals surface area contributed by atoms with Gasteiger partial charge in [-0.25, -0.2) is 5.43 Å². The highest BCUT2D eigenvalue weighted by molar-refractivity contribution is 5.90. The molecule has 144 valence electrons. The van der Waals surface area contributed by atoms with Crippen LogP contribution in [0, 0.1) is 0 Å². The second kappa shape index (κ2) is 8.85. The number of aromatic nitrogens is 1. The van der Waals surface area contributed by atoms with Crippen LogP contribution in [0.25, 0.3) is 10.9 Å². The summed E-state index contributed by atoms with van der Waals surface area (Å²) >= 11 is 0. The van der Waals surface area contributed by atoms with Crippen molar-refractivity contribution in [3.63, 3.8) is 0 Å². The first-order valence-electron chi connectivity index (χ1n) is 8.86. The molecule has 0 saturated heterocycles. The van der Waals surface area contributed by atoms with Crippen LogP contribution in [-0.4, -0.2) is 36.2 Å². The second-order valence-electron chi connectivity index (χ2n) is 6.32. The molecular formula is C21H22N4O3. The number of nitrogens with one attached hydrogen (secondary N) is 3. The number of hydrogen-bond donors (Lipinski definition) is 3. The molecule has 0 saturated carbocycles. The number of hydrogen-bond acceptors (Lipinski definition) is 4. The maximum absolute atomic E-state index is 12.6. The zero-order valence-corrected chi connectivity index (χ0v) is 15.7. The zero-order valence-electron chi connectivity index (χ0n) is 15.7. The summed E-state index contributed by atoms with van der Waals surface area (Å²) in [5.74, 6) is 0.0787. The molecule has 2 amide bonds. The number of amides is 2. The number of benzene rings is 2. The van der Waals surface area contributed by atoms with Gasteiger partial charge < -0.3 is 15.0 Å². The van der Waals surface area contributed by atoms with E-state index in [9.17, 15) is 9.59 Å². The number of nitrogens with zero attached hydrogens (tertiary/aromatic N) is 1. The number of aromatic amines is 1. The van der Waals surface area contributed by atoms with E-state index in [1.54, 1.807) is 19.2 Å². The maximum atomic E-state index is 12.6. The molecular weight excluding hydrogens is 356 g/mol. The third-order valence-corrected chi connectivity index (χ3v) is 4.30. The normalized spacial score (nSPS) is 12.1. The number of para-hydroxylation sites is 1. The average molecular weight is 378 g/mol. The molecule has 0 aliphatic heterocycles. The van der Waals surface area contributed by atoms with E-state index in [0.717, 1.165) is 27.8 Å². The molecule has 2 aromatic carbocycles. The number of hydrazone groups is 1. The Morgan fingerprint density at radius 1 is 1.18 bits per heavy atom. The van der Waals surface area contributed by atoms with E-state index >= 15 is 0 Å². The lowest BCUT2D eigenvalue weighted by atomic mass is 10.0. The third-order valence-electron chi connectivity index (χ3n) is 4.30. The Morgan fingerprint density at radius 2 is 1.93 bits per heavy atom. The molecule has 0 spiro atoms. The van der Waals surface area contributed by atoms with E-state index in [1.165, 1.54) is 13.1 Å². The van der Waals surface area contributed by atoms with Gasteiger partial charge in [-0.05, 0) is 41.5 Å². The molecule has 7 heteroatoms. The van der Waals surface area contributed by atoms with Crippen LogP contribution in [0.4, 0.5) is 0 Å². The van der Waals surface area contributed by atoms with E-state index in [0.29, 0.717) is 6.42 Å². The van der Waals surface area contributed by atoms with E-state index in [2.05, 4.69) is 20.8 Å². The number of carbonyl (C=O) groups is 2. The largest absolute Gasteiger partial charge is 0.497 e. The van der Waals surface area contributed by atoms with Crippen LogP contribution in [0.15, 0.2) is 59.8 Å². The molecule has 3 N–H and O–H groups in total. The van der Waals surface area contributed by atoms with Crippen molar-refractivity contribution in [1.82, 2.24) is 15.7 Å². The molecule has 28 heavy (non-hydrogen) atoms. The average Bonchev–Trinajstić information content (AvgIpc) is 3.10. The SMILES string of the molecule is COc1ccc(C=NNC(=O)C(Cc2c[nH]c3ccccc23)NC(C)=O)cc1. The lowest BCUT2D eigenvalue weighted by molar-refractivity contribution is -0.128. The van der Waals surface area contributed by atoms with E-state index in [1.807, 2.05) is 42.6 Å². The minimum absolute atomic E-state index is 0.279. The molecule has 3 aromatic rings. The lowest BCUT2D eigenvalue weighted by Crippen LogP contribution is -2.46. The van der Waals surface area contributed by atoms with Gasteiger partial charge in [-0.1, -0.05) is 18.2 Å². The van der Waals surface area contributed by atoms with Crippen molar-refractivity contribution in [1.29, 1.82) is 0 Å². The highest BCUT2D eigenvalue weighted by atomic mass is 16.5. The summed E-state index contributed by atoms with van der Waals surface area (Å²) in [6, 6.07) is 14.3. The fourth-order valence-electron chi connectivity index (χ4n) is 2.91. The predicted molar refractivity (Wildman–Crippen MR) is 108 cm³/mol. The van der Waals surface area contributed by atoms with E-state index < -0.39 is 6.04 Å². The van der Waals surface area contributed by atoms with Gasteiger partial charge in [0.25, 0.3) is 5.91 Å². The molecule has 0 fully saturated rings. The van der Waals surface area contributed by atoms with Gasteiger partial charge in [-0.3, -0.25) is 9.59 Å². The summed E-state index contributed by atoms with van der Waals surface area (Å²) in [7, 11) is 1.60. The third kappa shape index (κ3) is 4.76. The van der Waals surface area contributed by atoms with Crippen LogP contribution in [-0.2, 0) is 16.0 Å². The van der Waals surface area contributed by atoms with Gasteiger partial charge in [0.15, 0.2) is 0 Å². The van der Waals surface area contributed by atoms with Crippen LogP contribution in [0.2, 0.25) is 0 Å². The fourth-order valence-corrected chi connectivity index (χ4v) is 2.91. The lowest BCUT2D eigenvalue weighted by Gasteiger charge is -2.15. The Hall–Kier alpha value is -3.61. The molecule has 0 radical (unpaired) electrons. The highest BCUT2D eigenvalue weighted by Gasteiger charge is 2.21. The molecule has 3 rings (SSSR count). The number of rotatable bonds is 7. The quantitative estimate of drug-likeness (QED) is 0.435. The number of methoxy groups -OCH3 is 1. The van der Waals surface area contributed by atoms with Gasteiger partial charge in [0.2, 0.25) is 5.91 Å². The first kappa shape index (κ1) is 19.2. The summed E-state index contributed by atoms with van der Waals surface area (Å²) in [5, 5.41) is 7.70. The van der Waals surface area contributed by atoms with Gasteiger partial charge in [-0.2, -0.15) is 5.10 Å². The molecule has 1 unspecified atom stereocenters. The van der Waals surface area contributed by atoms with Crippen molar-refractivity contribution in [2.24, 2.45) is 5.10 Å². The van der Waals surface area contributed by atoms with Crippen LogP contribution >= 0.6 is 0 Å². The highest BCUT2D eigenvalue weighted by Crippen LogP contribution is 2.19. The monoisotopic (exact) mass is 378 g/mol. The molecule has 0 bridgehead atoms. The number of carbonyl (C=O) groups excluding carboxylic acids is 2. The standard InChI is InChI=1S/C21H22N4O3/c1-14(26)24-20(11-16-13-22-19-6-4-3-5-18(16)19)21(27)25-23-12-15-7-9-17(28-2)10-8-15/h3-10,12-13,20,22H,11H2,1-2H3,(H,24,26)(H,25,27). The van der Waals surface area contributed by atoms with Gasteiger partial charge in [0.05, 0.1) is 13.3 Å². The Balaban J connectivity index is 1.68. The predicted octanol–water partition coefficient (Wildman–Crippen LogP) is 2.37. The maximum Gasteiger partial charge on any atom is 0.262 e. The summed E-state index contributed by atoms with van der Waals surface area (Å²) in [6.07, 6.45) is 3.74. The van der Waals surface area contributed by atoms with Crippen molar-refractivity contribution in [2.45, 2.75) is 19.4 Å². The van der Waals surface area contributed by atoms with Gasteiger partial charge in [-0.15, -0.1) is 0 Å². The minimum Gasteiger partial charge on any atom is -0.497 e. The smallest absolute Gasteiger partial charge is 0.262 e. The summed E-state index contributed by atoms with van der Waals surface area (Å²) in [4.78, 5) is 27.3. The molecule has 1 atom stereocenters.